The van der Waals surface area contributed by atoms with Crippen molar-refractivity contribution < 1.29 is 9.21 Å². The molecule has 5 heteroatoms. The number of fused-ring (bicyclic) bond motifs is 1. The molecule has 2 heterocycles. The van der Waals surface area contributed by atoms with Gasteiger partial charge in [0, 0.05) is 6.54 Å². The number of hydrogen-bond acceptors (Lipinski definition) is 3. The van der Waals surface area contributed by atoms with Crippen molar-refractivity contribution in [1.82, 2.24) is 14.9 Å². The highest BCUT2D eigenvalue weighted by Crippen LogP contribution is 2.21. The lowest BCUT2D eigenvalue weighted by Crippen LogP contribution is -2.28. The third kappa shape index (κ3) is 2.42. The molecular weight excluding hydrogens is 266 g/mol. The van der Waals surface area contributed by atoms with Crippen LogP contribution < -0.4 is 5.32 Å². The number of amides is 1. The van der Waals surface area contributed by atoms with Crippen molar-refractivity contribution in [1.29, 1.82) is 0 Å². The minimum Gasteiger partial charge on any atom is -0.459 e. The molecular formula is C16H17N3O2. The van der Waals surface area contributed by atoms with Gasteiger partial charge in [0.1, 0.15) is 5.82 Å². The Balaban J connectivity index is 1.91. The Labute approximate surface area is 122 Å². The summed E-state index contributed by atoms with van der Waals surface area (Å²) in [6, 6.07) is 11.1. The van der Waals surface area contributed by atoms with E-state index in [1.54, 1.807) is 12.1 Å². The van der Waals surface area contributed by atoms with E-state index in [4.69, 9.17) is 4.42 Å². The fourth-order valence-electron chi connectivity index (χ4n) is 2.50. The Morgan fingerprint density at radius 1 is 1.33 bits per heavy atom. The van der Waals surface area contributed by atoms with E-state index < -0.39 is 0 Å². The van der Waals surface area contributed by atoms with Crippen molar-refractivity contribution in [2.45, 2.75) is 26.4 Å². The molecule has 1 aromatic carbocycles. The second kappa shape index (κ2) is 5.44. The molecule has 0 aliphatic rings. The van der Waals surface area contributed by atoms with Crippen molar-refractivity contribution in [2.75, 3.05) is 0 Å². The van der Waals surface area contributed by atoms with Crippen LogP contribution in [0.4, 0.5) is 0 Å². The molecule has 1 unspecified atom stereocenters. The minimum atomic E-state index is -0.234. The van der Waals surface area contributed by atoms with Crippen LogP contribution in [0.15, 0.2) is 47.1 Å². The second-order valence-corrected chi connectivity index (χ2v) is 4.88. The molecule has 3 rings (SSSR count). The molecule has 0 aliphatic carbocycles. The van der Waals surface area contributed by atoms with E-state index in [9.17, 15) is 4.79 Å². The SMILES string of the molecule is CCn1c(C(C)NC(=O)c2ccco2)nc2ccccc21. The molecule has 0 bridgehead atoms. The van der Waals surface area contributed by atoms with Crippen molar-refractivity contribution >= 4 is 16.9 Å². The van der Waals surface area contributed by atoms with Crippen LogP contribution >= 0.6 is 0 Å². The number of carbonyl (C=O) groups excluding carboxylic acids is 1. The largest absolute Gasteiger partial charge is 0.459 e. The third-order valence-electron chi connectivity index (χ3n) is 3.48. The first-order valence-electron chi connectivity index (χ1n) is 7.00. The lowest BCUT2D eigenvalue weighted by molar-refractivity contribution is 0.0909. The van der Waals surface area contributed by atoms with E-state index >= 15 is 0 Å². The van der Waals surface area contributed by atoms with Gasteiger partial charge >= 0.3 is 0 Å². The first kappa shape index (κ1) is 13.4. The van der Waals surface area contributed by atoms with E-state index in [2.05, 4.69) is 21.8 Å². The molecule has 0 spiro atoms. The number of nitrogens with one attached hydrogen (secondary N) is 1. The molecule has 0 aliphatic heterocycles. The first-order valence-corrected chi connectivity index (χ1v) is 7.00. The molecule has 1 atom stereocenters. The molecule has 108 valence electrons. The fourth-order valence-corrected chi connectivity index (χ4v) is 2.50. The summed E-state index contributed by atoms with van der Waals surface area (Å²) in [5, 5.41) is 2.92. The van der Waals surface area contributed by atoms with E-state index in [-0.39, 0.29) is 11.9 Å². The van der Waals surface area contributed by atoms with E-state index in [1.165, 1.54) is 6.26 Å². The molecule has 0 saturated heterocycles. The number of aryl methyl sites for hydroxylation is 1. The molecule has 0 radical (unpaired) electrons. The zero-order valence-corrected chi connectivity index (χ0v) is 12.0. The average molecular weight is 283 g/mol. The number of carbonyl (C=O) groups is 1. The number of para-hydroxylation sites is 2. The van der Waals surface area contributed by atoms with E-state index in [0.29, 0.717) is 5.76 Å². The summed E-state index contributed by atoms with van der Waals surface area (Å²) in [5.41, 5.74) is 2.02. The summed E-state index contributed by atoms with van der Waals surface area (Å²) >= 11 is 0. The van der Waals surface area contributed by atoms with Crippen molar-refractivity contribution in [3.05, 3.63) is 54.2 Å². The Morgan fingerprint density at radius 2 is 2.14 bits per heavy atom. The molecule has 5 nitrogen and oxygen atoms in total. The topological polar surface area (TPSA) is 60.1 Å². The van der Waals surface area contributed by atoms with Crippen LogP contribution in [0, 0.1) is 0 Å². The summed E-state index contributed by atoms with van der Waals surface area (Å²) in [6.45, 7) is 4.80. The predicted octanol–water partition coefficient (Wildman–Crippen LogP) is 3.14. The third-order valence-corrected chi connectivity index (χ3v) is 3.48. The zero-order chi connectivity index (χ0) is 14.8. The Bertz CT molecular complexity index is 759. The molecule has 0 fully saturated rings. The Kier molecular flexibility index (Phi) is 3.48. The highest BCUT2D eigenvalue weighted by molar-refractivity contribution is 5.91. The number of nitrogens with zero attached hydrogens (tertiary/aromatic N) is 2. The number of rotatable bonds is 4. The summed E-state index contributed by atoms with van der Waals surface area (Å²) in [6.07, 6.45) is 1.49. The van der Waals surface area contributed by atoms with Gasteiger partial charge in [-0.1, -0.05) is 12.1 Å². The quantitative estimate of drug-likeness (QED) is 0.800. The zero-order valence-electron chi connectivity index (χ0n) is 12.0. The van der Waals surface area contributed by atoms with Gasteiger partial charge in [0.15, 0.2) is 5.76 Å². The number of hydrogen-bond donors (Lipinski definition) is 1. The lowest BCUT2D eigenvalue weighted by Gasteiger charge is -2.14. The van der Waals surface area contributed by atoms with Crippen molar-refractivity contribution in [3.8, 4) is 0 Å². The normalized spacial score (nSPS) is 12.5. The highest BCUT2D eigenvalue weighted by Gasteiger charge is 2.19. The molecule has 21 heavy (non-hydrogen) atoms. The molecule has 1 N–H and O–H groups in total. The van der Waals surface area contributed by atoms with Crippen LogP contribution in [-0.2, 0) is 6.54 Å². The molecule has 3 aromatic rings. The maximum atomic E-state index is 12.1. The summed E-state index contributed by atoms with van der Waals surface area (Å²) in [4.78, 5) is 16.7. The highest BCUT2D eigenvalue weighted by atomic mass is 16.3. The van der Waals surface area contributed by atoms with Gasteiger partial charge in [-0.3, -0.25) is 4.79 Å². The van der Waals surface area contributed by atoms with Gasteiger partial charge in [-0.25, -0.2) is 4.98 Å². The first-order chi connectivity index (χ1) is 10.2. The van der Waals surface area contributed by atoms with Gasteiger partial charge in [0.25, 0.3) is 5.91 Å². The smallest absolute Gasteiger partial charge is 0.287 e. The van der Waals surface area contributed by atoms with Crippen LogP contribution in [-0.4, -0.2) is 15.5 Å². The van der Waals surface area contributed by atoms with Crippen molar-refractivity contribution in [3.63, 3.8) is 0 Å². The molecule has 2 aromatic heterocycles. The standard InChI is InChI=1S/C16H17N3O2/c1-3-19-13-8-5-4-7-12(13)18-15(19)11(2)17-16(20)14-9-6-10-21-14/h4-11H,3H2,1-2H3,(H,17,20). The number of imidazole rings is 1. The summed E-state index contributed by atoms with van der Waals surface area (Å²) in [5.74, 6) is 0.918. The predicted molar refractivity (Wildman–Crippen MR) is 80.0 cm³/mol. The number of furan rings is 1. The van der Waals surface area contributed by atoms with Gasteiger partial charge < -0.3 is 14.3 Å². The fraction of sp³-hybridized carbons (Fsp3) is 0.250. The Morgan fingerprint density at radius 3 is 2.86 bits per heavy atom. The molecule has 1 amide bonds. The van der Waals surface area contributed by atoms with Gasteiger partial charge in [-0.2, -0.15) is 0 Å². The van der Waals surface area contributed by atoms with Crippen LogP contribution in [0.2, 0.25) is 0 Å². The van der Waals surface area contributed by atoms with Crippen LogP contribution in [0.3, 0.4) is 0 Å². The minimum absolute atomic E-state index is 0.199. The van der Waals surface area contributed by atoms with Gasteiger partial charge in [-0.05, 0) is 38.1 Å². The van der Waals surface area contributed by atoms with Gasteiger partial charge in [-0.15, -0.1) is 0 Å². The number of aromatic nitrogens is 2. The van der Waals surface area contributed by atoms with E-state index in [1.807, 2.05) is 31.2 Å². The van der Waals surface area contributed by atoms with Crippen molar-refractivity contribution in [2.24, 2.45) is 0 Å². The summed E-state index contributed by atoms with van der Waals surface area (Å²) < 4.78 is 7.22. The monoisotopic (exact) mass is 283 g/mol. The van der Waals surface area contributed by atoms with Gasteiger partial charge in [0.2, 0.25) is 0 Å². The molecule has 0 saturated carbocycles. The lowest BCUT2D eigenvalue weighted by atomic mass is 10.3. The van der Waals surface area contributed by atoms with Gasteiger partial charge in [0.05, 0.1) is 23.3 Å². The summed E-state index contributed by atoms with van der Waals surface area (Å²) in [7, 11) is 0. The second-order valence-electron chi connectivity index (χ2n) is 4.88. The van der Waals surface area contributed by atoms with Crippen LogP contribution in [0.5, 0.6) is 0 Å². The maximum absolute atomic E-state index is 12.1. The Hall–Kier alpha value is -2.56. The number of benzene rings is 1. The van der Waals surface area contributed by atoms with Crippen LogP contribution in [0.1, 0.15) is 36.3 Å². The maximum Gasteiger partial charge on any atom is 0.287 e. The average Bonchev–Trinajstić information content (AvgIpc) is 3.14. The van der Waals surface area contributed by atoms with E-state index in [0.717, 1.165) is 23.4 Å². The van der Waals surface area contributed by atoms with Crippen LogP contribution in [0.25, 0.3) is 11.0 Å².